The molecule has 10 heteroatoms. The molecular weight excluding hydrogens is 410 g/mol. The maximum atomic E-state index is 12.4. The molecule has 0 unspecified atom stereocenters. The highest BCUT2D eigenvalue weighted by atomic mass is 35.5. The number of esters is 1. The number of benzene rings is 1. The fourth-order valence-electron chi connectivity index (χ4n) is 2.29. The standard InChI is InChI=1S/C18H20ClNO7S/c1-4-26-13-8-11(7-12(19)16(13)27-10-15(21)25-3)9-14-17(22)20(5-6-24-2)18(23)28-14/h7-9H,4-6,10H2,1-3H3/b14-9+. The molecule has 0 aromatic heterocycles. The summed E-state index contributed by atoms with van der Waals surface area (Å²) in [5.41, 5.74) is 0.552. The van der Waals surface area contributed by atoms with Gasteiger partial charge in [-0.3, -0.25) is 14.5 Å². The van der Waals surface area contributed by atoms with Crippen molar-refractivity contribution in [1.82, 2.24) is 4.90 Å². The van der Waals surface area contributed by atoms with E-state index in [0.717, 1.165) is 16.7 Å². The van der Waals surface area contributed by atoms with Gasteiger partial charge in [-0.25, -0.2) is 4.79 Å². The third-order valence-electron chi connectivity index (χ3n) is 3.58. The van der Waals surface area contributed by atoms with Crippen LogP contribution in [0.3, 0.4) is 0 Å². The van der Waals surface area contributed by atoms with Gasteiger partial charge in [0.2, 0.25) is 0 Å². The van der Waals surface area contributed by atoms with Gasteiger partial charge in [0.05, 0.1) is 36.8 Å². The van der Waals surface area contributed by atoms with Crippen LogP contribution in [0, 0.1) is 0 Å². The van der Waals surface area contributed by atoms with E-state index in [1.54, 1.807) is 25.1 Å². The van der Waals surface area contributed by atoms with E-state index in [4.69, 9.17) is 25.8 Å². The summed E-state index contributed by atoms with van der Waals surface area (Å²) in [6.07, 6.45) is 1.55. The Morgan fingerprint density at radius 2 is 2.00 bits per heavy atom. The van der Waals surface area contributed by atoms with Crippen molar-refractivity contribution in [3.05, 3.63) is 27.6 Å². The number of carbonyl (C=O) groups is 3. The van der Waals surface area contributed by atoms with Crippen molar-refractivity contribution in [1.29, 1.82) is 0 Å². The number of carbonyl (C=O) groups excluding carboxylic acids is 3. The maximum absolute atomic E-state index is 12.4. The first kappa shape index (κ1) is 22.1. The largest absolute Gasteiger partial charge is 0.490 e. The van der Waals surface area contributed by atoms with Gasteiger partial charge in [-0.15, -0.1) is 0 Å². The average molecular weight is 430 g/mol. The molecule has 0 radical (unpaired) electrons. The second kappa shape index (κ2) is 10.4. The molecular formula is C18H20ClNO7S. The first-order valence-corrected chi connectivity index (χ1v) is 9.51. The van der Waals surface area contributed by atoms with Crippen LogP contribution in [0.1, 0.15) is 12.5 Å². The number of nitrogens with zero attached hydrogens (tertiary/aromatic N) is 1. The summed E-state index contributed by atoms with van der Waals surface area (Å²) < 4.78 is 20.4. The Bertz CT molecular complexity index is 796. The molecule has 0 spiro atoms. The minimum absolute atomic E-state index is 0.184. The molecule has 0 N–H and O–H groups in total. The summed E-state index contributed by atoms with van der Waals surface area (Å²) in [6, 6.07) is 3.17. The fourth-order valence-corrected chi connectivity index (χ4v) is 3.43. The zero-order valence-electron chi connectivity index (χ0n) is 15.7. The molecule has 0 bridgehead atoms. The van der Waals surface area contributed by atoms with Crippen LogP contribution < -0.4 is 9.47 Å². The van der Waals surface area contributed by atoms with Gasteiger partial charge in [0, 0.05) is 7.11 Å². The monoisotopic (exact) mass is 429 g/mol. The van der Waals surface area contributed by atoms with E-state index in [2.05, 4.69) is 4.74 Å². The molecule has 1 aliphatic rings. The Labute approximate surface area is 171 Å². The predicted molar refractivity (Wildman–Crippen MR) is 105 cm³/mol. The van der Waals surface area contributed by atoms with Crippen LogP contribution in [0.4, 0.5) is 4.79 Å². The molecule has 1 fully saturated rings. The van der Waals surface area contributed by atoms with Crippen LogP contribution in [0.15, 0.2) is 17.0 Å². The van der Waals surface area contributed by atoms with Crippen LogP contribution in [0.2, 0.25) is 5.02 Å². The third-order valence-corrected chi connectivity index (χ3v) is 4.77. The van der Waals surface area contributed by atoms with E-state index in [9.17, 15) is 14.4 Å². The normalized spacial score (nSPS) is 15.3. The highest BCUT2D eigenvalue weighted by Gasteiger charge is 2.34. The lowest BCUT2D eigenvalue weighted by atomic mass is 10.1. The molecule has 2 rings (SSSR count). The van der Waals surface area contributed by atoms with Crippen molar-refractivity contribution in [2.24, 2.45) is 0 Å². The van der Waals surface area contributed by atoms with Gasteiger partial charge in [-0.05, 0) is 42.5 Å². The third kappa shape index (κ3) is 5.40. The number of methoxy groups -OCH3 is 2. The number of imide groups is 1. The zero-order valence-corrected chi connectivity index (χ0v) is 17.2. The lowest BCUT2D eigenvalue weighted by Gasteiger charge is -2.14. The molecule has 2 amide bonds. The summed E-state index contributed by atoms with van der Waals surface area (Å²) in [5.74, 6) is -0.456. The lowest BCUT2D eigenvalue weighted by Crippen LogP contribution is -2.31. The van der Waals surface area contributed by atoms with Gasteiger partial charge >= 0.3 is 5.97 Å². The Hall–Kier alpha value is -2.23. The highest BCUT2D eigenvalue weighted by molar-refractivity contribution is 8.18. The van der Waals surface area contributed by atoms with Crippen molar-refractivity contribution in [2.75, 3.05) is 40.6 Å². The fraction of sp³-hybridized carbons (Fsp3) is 0.389. The lowest BCUT2D eigenvalue weighted by molar-refractivity contribution is -0.142. The average Bonchev–Trinajstić information content (AvgIpc) is 2.92. The van der Waals surface area contributed by atoms with E-state index in [-0.39, 0.29) is 40.7 Å². The first-order valence-electron chi connectivity index (χ1n) is 8.31. The Kier molecular flexibility index (Phi) is 8.16. The molecule has 0 saturated carbocycles. The number of rotatable bonds is 9. The van der Waals surface area contributed by atoms with Crippen molar-refractivity contribution in [3.8, 4) is 11.5 Å². The molecule has 0 atom stereocenters. The van der Waals surface area contributed by atoms with E-state index in [1.165, 1.54) is 14.2 Å². The SMILES string of the molecule is CCOc1cc(/C=C2/SC(=O)N(CCOC)C2=O)cc(Cl)c1OCC(=O)OC. The minimum Gasteiger partial charge on any atom is -0.490 e. The minimum atomic E-state index is -0.563. The molecule has 28 heavy (non-hydrogen) atoms. The van der Waals surface area contributed by atoms with Gasteiger partial charge in [0.25, 0.3) is 11.1 Å². The van der Waals surface area contributed by atoms with Gasteiger partial charge in [0.1, 0.15) is 0 Å². The Morgan fingerprint density at radius 1 is 1.25 bits per heavy atom. The van der Waals surface area contributed by atoms with Crippen LogP contribution in [0.5, 0.6) is 11.5 Å². The van der Waals surface area contributed by atoms with Crippen LogP contribution >= 0.6 is 23.4 Å². The predicted octanol–water partition coefficient (Wildman–Crippen LogP) is 2.97. The van der Waals surface area contributed by atoms with Gasteiger partial charge in [-0.1, -0.05) is 11.6 Å². The second-order valence-electron chi connectivity index (χ2n) is 5.45. The number of thioether (sulfide) groups is 1. The number of hydrogen-bond acceptors (Lipinski definition) is 8. The number of ether oxygens (including phenoxy) is 4. The maximum Gasteiger partial charge on any atom is 0.343 e. The molecule has 0 aliphatic carbocycles. The van der Waals surface area contributed by atoms with Crippen LogP contribution in [0.25, 0.3) is 6.08 Å². The molecule has 1 heterocycles. The van der Waals surface area contributed by atoms with Crippen molar-refractivity contribution >= 4 is 46.6 Å². The van der Waals surface area contributed by atoms with Crippen molar-refractivity contribution < 1.29 is 33.3 Å². The van der Waals surface area contributed by atoms with Crippen LogP contribution in [-0.2, 0) is 19.1 Å². The zero-order chi connectivity index (χ0) is 20.7. The van der Waals surface area contributed by atoms with Gasteiger partial charge in [-0.2, -0.15) is 0 Å². The van der Waals surface area contributed by atoms with E-state index < -0.39 is 11.9 Å². The topological polar surface area (TPSA) is 91.4 Å². The molecule has 152 valence electrons. The van der Waals surface area contributed by atoms with Gasteiger partial charge in [0.15, 0.2) is 18.1 Å². The molecule has 1 aliphatic heterocycles. The first-order chi connectivity index (χ1) is 13.4. The van der Waals surface area contributed by atoms with E-state index >= 15 is 0 Å². The molecule has 1 aromatic carbocycles. The van der Waals surface area contributed by atoms with Crippen molar-refractivity contribution in [3.63, 3.8) is 0 Å². The quantitative estimate of drug-likeness (QED) is 0.437. The number of halogens is 1. The summed E-state index contributed by atoms with van der Waals surface area (Å²) in [7, 11) is 2.75. The Morgan fingerprint density at radius 3 is 2.64 bits per heavy atom. The smallest absolute Gasteiger partial charge is 0.343 e. The Balaban J connectivity index is 2.28. The summed E-state index contributed by atoms with van der Waals surface area (Å²) >= 11 is 7.11. The summed E-state index contributed by atoms with van der Waals surface area (Å²) in [5, 5.41) is -0.165. The highest BCUT2D eigenvalue weighted by Crippen LogP contribution is 2.39. The van der Waals surface area contributed by atoms with E-state index in [1.807, 2.05) is 0 Å². The molecule has 1 saturated heterocycles. The van der Waals surface area contributed by atoms with Gasteiger partial charge < -0.3 is 18.9 Å². The number of hydrogen-bond donors (Lipinski definition) is 0. The number of amides is 2. The van der Waals surface area contributed by atoms with Crippen LogP contribution in [-0.4, -0.2) is 62.6 Å². The second-order valence-corrected chi connectivity index (χ2v) is 6.85. The summed E-state index contributed by atoms with van der Waals surface area (Å²) in [6.45, 7) is 2.24. The van der Waals surface area contributed by atoms with Crippen molar-refractivity contribution in [2.45, 2.75) is 6.92 Å². The molecule has 8 nitrogen and oxygen atoms in total. The summed E-state index contributed by atoms with van der Waals surface area (Å²) in [4.78, 5) is 37.1. The van der Waals surface area contributed by atoms with E-state index in [0.29, 0.717) is 17.9 Å². The molecule has 1 aromatic rings.